The number of halogens is 1. The lowest BCUT2D eigenvalue weighted by Crippen LogP contribution is -2.09. The number of rotatable bonds is 2. The van der Waals surface area contributed by atoms with Crippen molar-refractivity contribution < 1.29 is 9.90 Å². The van der Waals surface area contributed by atoms with Crippen LogP contribution in [-0.4, -0.2) is 16.1 Å². The van der Waals surface area contributed by atoms with E-state index in [9.17, 15) is 9.59 Å². The predicted octanol–water partition coefficient (Wildman–Crippen LogP) is 1.81. The van der Waals surface area contributed by atoms with E-state index in [1.807, 2.05) is 0 Å². The number of benzene rings is 1. The van der Waals surface area contributed by atoms with Gasteiger partial charge in [0, 0.05) is 22.2 Å². The van der Waals surface area contributed by atoms with E-state index in [1.54, 1.807) is 18.2 Å². The number of hydrogen-bond acceptors (Lipinski definition) is 2. The lowest BCUT2D eigenvalue weighted by Gasteiger charge is -2.02. The molecule has 0 saturated carbocycles. The second-order valence-electron chi connectivity index (χ2n) is 3.42. The first-order valence-electron chi connectivity index (χ1n) is 4.59. The molecule has 16 heavy (non-hydrogen) atoms. The molecular formula is C11H8ClNO3. The average Bonchev–Trinajstić information content (AvgIpc) is 2.15. The Kier molecular flexibility index (Phi) is 2.66. The van der Waals surface area contributed by atoms with E-state index in [0.29, 0.717) is 21.6 Å². The molecule has 1 aromatic heterocycles. The summed E-state index contributed by atoms with van der Waals surface area (Å²) >= 11 is 5.79. The largest absolute Gasteiger partial charge is 0.481 e. The molecule has 0 amide bonds. The van der Waals surface area contributed by atoms with Crippen LogP contribution in [0.25, 0.3) is 10.9 Å². The molecule has 1 heterocycles. The monoisotopic (exact) mass is 237 g/mol. The maximum atomic E-state index is 11.6. The summed E-state index contributed by atoms with van der Waals surface area (Å²) in [5.41, 5.74) is 0.713. The van der Waals surface area contributed by atoms with Crippen molar-refractivity contribution in [3.63, 3.8) is 0 Å². The number of aromatic nitrogens is 1. The van der Waals surface area contributed by atoms with Crippen LogP contribution in [0.5, 0.6) is 0 Å². The highest BCUT2D eigenvalue weighted by atomic mass is 35.5. The molecule has 0 atom stereocenters. The van der Waals surface area contributed by atoms with Gasteiger partial charge in [0.05, 0.1) is 11.9 Å². The number of fused-ring (bicyclic) bond motifs is 1. The minimum Gasteiger partial charge on any atom is -0.481 e. The molecule has 2 N–H and O–H groups in total. The van der Waals surface area contributed by atoms with Crippen LogP contribution < -0.4 is 5.43 Å². The topological polar surface area (TPSA) is 70.2 Å². The minimum absolute atomic E-state index is 0.207. The van der Waals surface area contributed by atoms with Gasteiger partial charge < -0.3 is 10.1 Å². The van der Waals surface area contributed by atoms with Gasteiger partial charge in [0.2, 0.25) is 0 Å². The highest BCUT2D eigenvalue weighted by Gasteiger charge is 2.05. The van der Waals surface area contributed by atoms with Crippen LogP contribution in [0.2, 0.25) is 5.02 Å². The molecule has 0 saturated heterocycles. The fourth-order valence-electron chi connectivity index (χ4n) is 1.54. The Morgan fingerprint density at radius 1 is 1.38 bits per heavy atom. The summed E-state index contributed by atoms with van der Waals surface area (Å²) in [5, 5.41) is 9.63. The van der Waals surface area contributed by atoms with Gasteiger partial charge in [0.25, 0.3) is 0 Å². The Morgan fingerprint density at radius 2 is 2.12 bits per heavy atom. The number of carboxylic acid groups (broad SMARTS) is 1. The molecule has 0 aliphatic carbocycles. The predicted molar refractivity (Wildman–Crippen MR) is 60.9 cm³/mol. The molecule has 1 aromatic carbocycles. The van der Waals surface area contributed by atoms with Gasteiger partial charge in [-0.25, -0.2) is 0 Å². The first kappa shape index (κ1) is 10.7. The highest BCUT2D eigenvalue weighted by molar-refractivity contribution is 6.31. The first-order chi connectivity index (χ1) is 7.56. The number of carbonyl (C=O) groups is 1. The summed E-state index contributed by atoms with van der Waals surface area (Å²) < 4.78 is 0. The van der Waals surface area contributed by atoms with Gasteiger partial charge in [-0.05, 0) is 18.2 Å². The SMILES string of the molecule is O=C(O)Cc1cc(=O)c2ccc(Cl)cc2[nH]1. The number of aliphatic carboxylic acids is 1. The third-order valence-electron chi connectivity index (χ3n) is 2.19. The van der Waals surface area contributed by atoms with Crippen molar-refractivity contribution in [3.8, 4) is 0 Å². The Morgan fingerprint density at radius 3 is 2.81 bits per heavy atom. The van der Waals surface area contributed by atoms with E-state index in [1.165, 1.54) is 6.07 Å². The van der Waals surface area contributed by atoms with Crippen LogP contribution in [0.15, 0.2) is 29.1 Å². The number of carboxylic acids is 1. The Bertz CT molecular complexity index is 618. The Balaban J connectivity index is 2.65. The van der Waals surface area contributed by atoms with Crippen LogP contribution in [0.3, 0.4) is 0 Å². The van der Waals surface area contributed by atoms with Crippen LogP contribution in [0.1, 0.15) is 5.69 Å². The number of aromatic amines is 1. The van der Waals surface area contributed by atoms with Gasteiger partial charge >= 0.3 is 5.97 Å². The number of H-pyrrole nitrogens is 1. The number of hydrogen-bond donors (Lipinski definition) is 2. The third-order valence-corrected chi connectivity index (χ3v) is 2.42. The third kappa shape index (κ3) is 2.06. The van der Waals surface area contributed by atoms with Gasteiger partial charge in [0.1, 0.15) is 0 Å². The number of nitrogens with one attached hydrogen (secondary N) is 1. The van der Waals surface area contributed by atoms with Crippen LogP contribution >= 0.6 is 11.6 Å². The summed E-state index contributed by atoms with van der Waals surface area (Å²) in [4.78, 5) is 25.0. The quantitative estimate of drug-likeness (QED) is 0.837. The van der Waals surface area contributed by atoms with Crippen LogP contribution in [-0.2, 0) is 11.2 Å². The smallest absolute Gasteiger partial charge is 0.309 e. The maximum Gasteiger partial charge on any atom is 0.309 e. The molecule has 0 fully saturated rings. The lowest BCUT2D eigenvalue weighted by atomic mass is 10.1. The summed E-state index contributed by atoms with van der Waals surface area (Å²) in [6.07, 6.45) is -0.211. The van der Waals surface area contributed by atoms with Gasteiger partial charge in [-0.15, -0.1) is 0 Å². The van der Waals surface area contributed by atoms with Crippen molar-refractivity contribution in [2.75, 3.05) is 0 Å². The van der Waals surface area contributed by atoms with Crippen molar-refractivity contribution in [3.05, 3.63) is 45.2 Å². The van der Waals surface area contributed by atoms with E-state index in [-0.39, 0.29) is 11.8 Å². The molecule has 82 valence electrons. The fourth-order valence-corrected chi connectivity index (χ4v) is 1.71. The molecule has 5 heteroatoms. The molecular weight excluding hydrogens is 230 g/mol. The summed E-state index contributed by atoms with van der Waals surface area (Å²) in [6.45, 7) is 0. The van der Waals surface area contributed by atoms with Gasteiger partial charge in [-0.3, -0.25) is 9.59 Å². The molecule has 4 nitrogen and oxygen atoms in total. The Hall–Kier alpha value is -1.81. The molecule has 0 aliphatic rings. The van der Waals surface area contributed by atoms with Gasteiger partial charge in [-0.1, -0.05) is 11.6 Å². The van der Waals surface area contributed by atoms with Crippen molar-refractivity contribution >= 4 is 28.5 Å². The summed E-state index contributed by atoms with van der Waals surface area (Å²) in [6, 6.07) is 6.13. The number of pyridine rings is 1. The van der Waals surface area contributed by atoms with E-state index < -0.39 is 5.97 Å². The van der Waals surface area contributed by atoms with E-state index in [2.05, 4.69) is 4.98 Å². The summed E-state index contributed by atoms with van der Waals surface area (Å²) in [5.74, 6) is -0.989. The molecule has 0 aliphatic heterocycles. The summed E-state index contributed by atoms with van der Waals surface area (Å²) in [7, 11) is 0. The second-order valence-corrected chi connectivity index (χ2v) is 3.86. The van der Waals surface area contributed by atoms with Crippen molar-refractivity contribution in [2.45, 2.75) is 6.42 Å². The highest BCUT2D eigenvalue weighted by Crippen LogP contribution is 2.15. The normalized spacial score (nSPS) is 10.6. The second kappa shape index (κ2) is 3.98. The van der Waals surface area contributed by atoms with Crippen LogP contribution in [0, 0.1) is 0 Å². The van der Waals surface area contributed by atoms with Gasteiger partial charge in [0.15, 0.2) is 5.43 Å². The standard InChI is InChI=1S/C11H8ClNO3/c12-6-1-2-8-9(3-6)13-7(4-10(8)14)5-11(15)16/h1-4H,5H2,(H,13,14)(H,15,16). The zero-order valence-corrected chi connectivity index (χ0v) is 8.91. The zero-order valence-electron chi connectivity index (χ0n) is 8.16. The minimum atomic E-state index is -0.989. The average molecular weight is 238 g/mol. The van der Waals surface area contributed by atoms with E-state index in [0.717, 1.165) is 0 Å². The lowest BCUT2D eigenvalue weighted by molar-refractivity contribution is -0.136. The van der Waals surface area contributed by atoms with Crippen molar-refractivity contribution in [1.29, 1.82) is 0 Å². The first-order valence-corrected chi connectivity index (χ1v) is 4.97. The molecule has 0 spiro atoms. The van der Waals surface area contributed by atoms with E-state index in [4.69, 9.17) is 16.7 Å². The molecule has 2 rings (SSSR count). The molecule has 0 unspecified atom stereocenters. The van der Waals surface area contributed by atoms with Gasteiger partial charge in [-0.2, -0.15) is 0 Å². The van der Waals surface area contributed by atoms with Crippen molar-refractivity contribution in [2.24, 2.45) is 0 Å². The van der Waals surface area contributed by atoms with E-state index >= 15 is 0 Å². The molecule has 0 radical (unpaired) electrons. The zero-order chi connectivity index (χ0) is 11.7. The fraction of sp³-hybridized carbons (Fsp3) is 0.0909. The molecule has 0 bridgehead atoms. The molecule has 2 aromatic rings. The van der Waals surface area contributed by atoms with Crippen molar-refractivity contribution in [1.82, 2.24) is 4.98 Å². The Labute approximate surface area is 95.5 Å². The van der Waals surface area contributed by atoms with Crippen LogP contribution in [0.4, 0.5) is 0 Å². The maximum absolute atomic E-state index is 11.6.